The van der Waals surface area contributed by atoms with Crippen LogP contribution in [0.1, 0.15) is 27.9 Å². The number of rotatable bonds is 2. The van der Waals surface area contributed by atoms with Gasteiger partial charge in [0.15, 0.2) is 0 Å². The molecule has 24 heavy (non-hydrogen) atoms. The highest BCUT2D eigenvalue weighted by Gasteiger charge is 2.26. The first kappa shape index (κ1) is 16.0. The van der Waals surface area contributed by atoms with E-state index in [1.54, 1.807) is 30.5 Å². The summed E-state index contributed by atoms with van der Waals surface area (Å²) in [6.07, 6.45) is 3.43. The van der Waals surface area contributed by atoms with Crippen LogP contribution < -0.4 is 15.0 Å². The molecule has 1 aromatic heterocycles. The average molecular weight is 325 g/mol. The van der Waals surface area contributed by atoms with Crippen LogP contribution in [0.15, 0.2) is 30.6 Å². The Kier molecular flexibility index (Phi) is 4.20. The molecule has 2 amide bonds. The molecule has 1 aromatic carbocycles. The quantitative estimate of drug-likeness (QED) is 0.921. The summed E-state index contributed by atoms with van der Waals surface area (Å²) in [5, 5.41) is 2.81. The van der Waals surface area contributed by atoms with E-state index in [0.717, 1.165) is 11.1 Å². The molecule has 3 rings (SSSR count). The van der Waals surface area contributed by atoms with E-state index in [-0.39, 0.29) is 18.2 Å². The number of pyridine rings is 1. The number of methoxy groups -OCH3 is 1. The Morgan fingerprint density at radius 1 is 1.33 bits per heavy atom. The second-order valence-electron chi connectivity index (χ2n) is 5.79. The fourth-order valence-electron chi connectivity index (χ4n) is 2.87. The monoisotopic (exact) mass is 325 g/mol. The summed E-state index contributed by atoms with van der Waals surface area (Å²) in [4.78, 5) is 30.7. The van der Waals surface area contributed by atoms with Crippen molar-refractivity contribution >= 4 is 23.2 Å². The molecule has 0 unspecified atom stereocenters. The zero-order valence-electron chi connectivity index (χ0n) is 13.9. The number of benzene rings is 1. The first-order chi connectivity index (χ1) is 11.5. The highest BCUT2D eigenvalue weighted by atomic mass is 16.5. The Morgan fingerprint density at radius 3 is 2.88 bits per heavy atom. The van der Waals surface area contributed by atoms with Crippen LogP contribution >= 0.6 is 0 Å². The van der Waals surface area contributed by atoms with Gasteiger partial charge in [0.2, 0.25) is 5.91 Å². The summed E-state index contributed by atoms with van der Waals surface area (Å²) in [6.45, 7) is 4.08. The summed E-state index contributed by atoms with van der Waals surface area (Å²) in [6, 6.07) is 5.44. The minimum Gasteiger partial charge on any atom is -0.496 e. The van der Waals surface area contributed by atoms with E-state index < -0.39 is 0 Å². The van der Waals surface area contributed by atoms with E-state index in [1.165, 1.54) is 0 Å². The topological polar surface area (TPSA) is 71.5 Å². The average Bonchev–Trinajstić information content (AvgIpc) is 2.74. The van der Waals surface area contributed by atoms with Gasteiger partial charge in [-0.2, -0.15) is 0 Å². The Labute approximate surface area is 140 Å². The molecule has 6 heteroatoms. The molecule has 0 saturated carbocycles. The zero-order chi connectivity index (χ0) is 17.3. The lowest BCUT2D eigenvalue weighted by Crippen LogP contribution is -2.32. The van der Waals surface area contributed by atoms with Crippen LogP contribution in [0.2, 0.25) is 0 Å². The maximum Gasteiger partial charge on any atom is 0.258 e. The molecule has 2 aromatic rings. The summed E-state index contributed by atoms with van der Waals surface area (Å²) in [5.74, 6) is 0.394. The molecule has 124 valence electrons. The van der Waals surface area contributed by atoms with Gasteiger partial charge in [-0.25, -0.2) is 0 Å². The number of nitrogens with one attached hydrogen (secondary N) is 1. The van der Waals surface area contributed by atoms with Crippen molar-refractivity contribution in [1.29, 1.82) is 0 Å². The third-order valence-corrected chi connectivity index (χ3v) is 4.13. The van der Waals surface area contributed by atoms with E-state index in [2.05, 4.69) is 10.3 Å². The summed E-state index contributed by atoms with van der Waals surface area (Å²) < 4.78 is 5.37. The number of fused-ring (bicyclic) bond motifs is 1. The van der Waals surface area contributed by atoms with Gasteiger partial charge >= 0.3 is 0 Å². The largest absolute Gasteiger partial charge is 0.496 e. The Hall–Kier alpha value is -2.89. The Bertz CT molecular complexity index is 817. The zero-order valence-corrected chi connectivity index (χ0v) is 13.9. The van der Waals surface area contributed by atoms with Crippen LogP contribution in [-0.4, -0.2) is 30.5 Å². The first-order valence-corrected chi connectivity index (χ1v) is 7.72. The number of carbonyl (C=O) groups excluding carboxylic acids is 2. The number of anilines is 2. The maximum atomic E-state index is 13.2. The van der Waals surface area contributed by atoms with Crippen LogP contribution in [0.4, 0.5) is 11.4 Å². The molecule has 2 heterocycles. The summed E-state index contributed by atoms with van der Waals surface area (Å²) in [7, 11) is 1.59. The maximum absolute atomic E-state index is 13.2. The van der Waals surface area contributed by atoms with E-state index in [0.29, 0.717) is 29.2 Å². The highest BCUT2D eigenvalue weighted by Crippen LogP contribution is 2.31. The van der Waals surface area contributed by atoms with Crippen molar-refractivity contribution in [2.75, 3.05) is 23.9 Å². The molecule has 0 aliphatic carbocycles. The third-order valence-electron chi connectivity index (χ3n) is 4.13. The van der Waals surface area contributed by atoms with Gasteiger partial charge in [0.1, 0.15) is 5.75 Å². The third kappa shape index (κ3) is 2.82. The molecule has 0 fully saturated rings. The molecule has 1 aliphatic rings. The number of aromatic nitrogens is 1. The van der Waals surface area contributed by atoms with Gasteiger partial charge in [-0.15, -0.1) is 0 Å². The molecule has 6 nitrogen and oxygen atoms in total. The predicted octanol–water partition coefficient (Wildman–Crippen LogP) is 2.70. The van der Waals surface area contributed by atoms with E-state index in [4.69, 9.17) is 4.74 Å². The highest BCUT2D eigenvalue weighted by molar-refractivity contribution is 6.11. The number of nitrogens with zero attached hydrogens (tertiary/aromatic N) is 2. The summed E-state index contributed by atoms with van der Waals surface area (Å²) in [5.41, 5.74) is 3.49. The molecule has 0 radical (unpaired) electrons. The number of amides is 2. The van der Waals surface area contributed by atoms with Gasteiger partial charge in [-0.05, 0) is 37.6 Å². The second-order valence-corrected chi connectivity index (χ2v) is 5.79. The Balaban J connectivity index is 2.08. The molecule has 1 aliphatic heterocycles. The standard InChI is InChI=1S/C18H19N3O3/c1-11-8-13(12(2)16(9-11)24-3)18(23)21-7-5-17(22)20-14-4-6-19-10-15(14)21/h4,6,8-10H,5,7H2,1-3H3,(H,20,22). The van der Waals surface area contributed by atoms with Gasteiger partial charge in [-0.1, -0.05) is 0 Å². The van der Waals surface area contributed by atoms with E-state index in [1.807, 2.05) is 26.0 Å². The molecule has 1 N–H and O–H groups in total. The van der Waals surface area contributed by atoms with E-state index in [9.17, 15) is 9.59 Å². The number of hydrogen-bond donors (Lipinski definition) is 1. The van der Waals surface area contributed by atoms with Gasteiger partial charge in [0, 0.05) is 30.3 Å². The van der Waals surface area contributed by atoms with Crippen molar-refractivity contribution in [2.45, 2.75) is 20.3 Å². The van der Waals surface area contributed by atoms with Crippen molar-refractivity contribution in [3.8, 4) is 5.75 Å². The molecular formula is C18H19N3O3. The second kappa shape index (κ2) is 6.31. The lowest BCUT2D eigenvalue weighted by atomic mass is 10.0. The molecule has 0 atom stereocenters. The van der Waals surface area contributed by atoms with Crippen LogP contribution in [0, 0.1) is 13.8 Å². The van der Waals surface area contributed by atoms with Crippen molar-refractivity contribution < 1.29 is 14.3 Å². The fraction of sp³-hybridized carbons (Fsp3) is 0.278. The lowest BCUT2D eigenvalue weighted by Gasteiger charge is -2.23. The van der Waals surface area contributed by atoms with Crippen LogP contribution in [0.25, 0.3) is 0 Å². The van der Waals surface area contributed by atoms with E-state index >= 15 is 0 Å². The van der Waals surface area contributed by atoms with Crippen LogP contribution in [-0.2, 0) is 4.79 Å². The number of carbonyl (C=O) groups is 2. The predicted molar refractivity (Wildman–Crippen MR) is 91.6 cm³/mol. The van der Waals surface area contributed by atoms with Gasteiger partial charge < -0.3 is 15.0 Å². The molecule has 0 spiro atoms. The fourth-order valence-corrected chi connectivity index (χ4v) is 2.87. The lowest BCUT2D eigenvalue weighted by molar-refractivity contribution is -0.115. The van der Waals surface area contributed by atoms with Crippen LogP contribution in [0.5, 0.6) is 5.75 Å². The van der Waals surface area contributed by atoms with Crippen molar-refractivity contribution in [2.24, 2.45) is 0 Å². The van der Waals surface area contributed by atoms with Crippen molar-refractivity contribution in [3.05, 3.63) is 47.3 Å². The van der Waals surface area contributed by atoms with Crippen molar-refractivity contribution in [3.63, 3.8) is 0 Å². The minimum absolute atomic E-state index is 0.115. The van der Waals surface area contributed by atoms with Gasteiger partial charge in [0.25, 0.3) is 5.91 Å². The normalized spacial score (nSPS) is 13.8. The number of ether oxygens (including phenoxy) is 1. The van der Waals surface area contributed by atoms with Crippen molar-refractivity contribution in [1.82, 2.24) is 4.98 Å². The molecular weight excluding hydrogens is 306 g/mol. The van der Waals surface area contributed by atoms with Gasteiger partial charge in [0.05, 0.1) is 24.7 Å². The SMILES string of the molecule is COc1cc(C)cc(C(=O)N2CCC(=O)Nc3ccncc32)c1C. The smallest absolute Gasteiger partial charge is 0.258 e. The first-order valence-electron chi connectivity index (χ1n) is 7.72. The minimum atomic E-state index is -0.166. The number of hydrogen-bond acceptors (Lipinski definition) is 4. The Morgan fingerprint density at radius 2 is 2.12 bits per heavy atom. The molecule has 0 bridgehead atoms. The van der Waals surface area contributed by atoms with Crippen LogP contribution in [0.3, 0.4) is 0 Å². The molecule has 0 saturated heterocycles. The van der Waals surface area contributed by atoms with Gasteiger partial charge in [-0.3, -0.25) is 14.6 Å². The number of aryl methyl sites for hydroxylation is 1. The summed E-state index contributed by atoms with van der Waals surface area (Å²) >= 11 is 0.